The fourth-order valence-corrected chi connectivity index (χ4v) is 3.19. The molecule has 0 spiro atoms. The standard InChI is InChI=1S/C21H14N2O2/c22-18(12-6-2-1-3-7-12)16-11-10-15-17(19(16)23)21(25)14-9-5-4-8-13(14)20(15)24/h1-11,22H,23H2. The Hall–Kier alpha value is -3.53. The number of hydrogen-bond donors (Lipinski definition) is 2. The first-order valence-electron chi connectivity index (χ1n) is 7.85. The lowest BCUT2D eigenvalue weighted by Gasteiger charge is -2.20. The molecular formula is C21H14N2O2. The minimum absolute atomic E-state index is 0.180. The van der Waals surface area contributed by atoms with Gasteiger partial charge < -0.3 is 5.73 Å². The van der Waals surface area contributed by atoms with Crippen LogP contribution in [0.25, 0.3) is 0 Å². The van der Waals surface area contributed by atoms with Gasteiger partial charge in [0.15, 0.2) is 11.6 Å². The predicted octanol–water partition coefficient (Wildman–Crippen LogP) is 3.46. The molecule has 0 fully saturated rings. The van der Waals surface area contributed by atoms with E-state index in [1.165, 1.54) is 0 Å². The van der Waals surface area contributed by atoms with Crippen molar-refractivity contribution in [1.29, 1.82) is 5.41 Å². The lowest BCUT2D eigenvalue weighted by molar-refractivity contribution is 0.0979. The van der Waals surface area contributed by atoms with Crippen LogP contribution in [0, 0.1) is 5.41 Å². The summed E-state index contributed by atoms with van der Waals surface area (Å²) in [5.74, 6) is -0.486. The van der Waals surface area contributed by atoms with Gasteiger partial charge in [-0.25, -0.2) is 0 Å². The van der Waals surface area contributed by atoms with Crippen LogP contribution in [0.5, 0.6) is 0 Å². The van der Waals surface area contributed by atoms with Gasteiger partial charge in [0.25, 0.3) is 0 Å². The van der Waals surface area contributed by atoms with Crippen molar-refractivity contribution in [3.05, 3.63) is 100 Å². The number of hydrogen-bond acceptors (Lipinski definition) is 4. The quantitative estimate of drug-likeness (QED) is 0.437. The van der Waals surface area contributed by atoms with E-state index in [9.17, 15) is 9.59 Å². The van der Waals surface area contributed by atoms with E-state index in [4.69, 9.17) is 11.1 Å². The zero-order valence-corrected chi connectivity index (χ0v) is 13.2. The molecule has 0 radical (unpaired) electrons. The number of carbonyl (C=O) groups excluding carboxylic acids is 2. The maximum atomic E-state index is 12.9. The number of rotatable bonds is 2. The Bertz CT molecular complexity index is 1050. The van der Waals surface area contributed by atoms with Gasteiger partial charge in [-0.05, 0) is 12.1 Å². The van der Waals surface area contributed by atoms with Gasteiger partial charge in [-0.1, -0.05) is 54.6 Å². The van der Waals surface area contributed by atoms with Crippen molar-refractivity contribution < 1.29 is 9.59 Å². The lowest BCUT2D eigenvalue weighted by atomic mass is 9.81. The molecule has 3 N–H and O–H groups in total. The summed E-state index contributed by atoms with van der Waals surface area (Å²) in [5, 5.41) is 8.41. The third-order valence-corrected chi connectivity index (χ3v) is 4.47. The maximum absolute atomic E-state index is 12.9. The molecule has 3 aromatic rings. The fourth-order valence-electron chi connectivity index (χ4n) is 3.19. The summed E-state index contributed by atoms with van der Waals surface area (Å²) in [5.41, 5.74) is 9.03. The van der Waals surface area contributed by atoms with E-state index in [0.717, 1.165) is 0 Å². The highest BCUT2D eigenvalue weighted by Crippen LogP contribution is 2.33. The highest BCUT2D eigenvalue weighted by molar-refractivity contribution is 6.31. The Morgan fingerprint density at radius 1 is 0.720 bits per heavy atom. The van der Waals surface area contributed by atoms with Crippen molar-refractivity contribution in [3.63, 3.8) is 0 Å². The number of anilines is 1. The van der Waals surface area contributed by atoms with Crippen molar-refractivity contribution in [2.24, 2.45) is 0 Å². The van der Waals surface area contributed by atoms with Crippen LogP contribution >= 0.6 is 0 Å². The highest BCUT2D eigenvalue weighted by atomic mass is 16.1. The highest BCUT2D eigenvalue weighted by Gasteiger charge is 2.32. The van der Waals surface area contributed by atoms with E-state index in [2.05, 4.69) is 0 Å². The molecular weight excluding hydrogens is 312 g/mol. The molecule has 0 aliphatic heterocycles. The molecule has 1 aliphatic carbocycles. The average molecular weight is 326 g/mol. The van der Waals surface area contributed by atoms with E-state index in [1.807, 2.05) is 30.3 Å². The van der Waals surface area contributed by atoms with E-state index >= 15 is 0 Å². The second kappa shape index (κ2) is 5.53. The third kappa shape index (κ3) is 2.19. The molecule has 0 aromatic heterocycles. The molecule has 0 unspecified atom stereocenters. The van der Waals surface area contributed by atoms with Crippen LogP contribution in [0.15, 0.2) is 66.7 Å². The van der Waals surface area contributed by atoms with Gasteiger partial charge in [0.2, 0.25) is 0 Å². The predicted molar refractivity (Wildman–Crippen MR) is 96.5 cm³/mol. The Kier molecular flexibility index (Phi) is 3.32. The van der Waals surface area contributed by atoms with Gasteiger partial charge in [-0.15, -0.1) is 0 Å². The van der Waals surface area contributed by atoms with Crippen LogP contribution < -0.4 is 5.73 Å². The summed E-state index contributed by atoms with van der Waals surface area (Å²) < 4.78 is 0. The Labute approximate surface area is 144 Å². The van der Waals surface area contributed by atoms with Gasteiger partial charge >= 0.3 is 0 Å². The molecule has 4 rings (SSSR count). The van der Waals surface area contributed by atoms with Crippen molar-refractivity contribution in [1.82, 2.24) is 0 Å². The molecule has 1 aliphatic rings. The minimum atomic E-state index is -0.273. The van der Waals surface area contributed by atoms with Crippen molar-refractivity contribution in [2.75, 3.05) is 5.73 Å². The van der Waals surface area contributed by atoms with E-state index in [1.54, 1.807) is 36.4 Å². The molecule has 25 heavy (non-hydrogen) atoms. The van der Waals surface area contributed by atoms with Gasteiger partial charge in [0, 0.05) is 27.8 Å². The fraction of sp³-hybridized carbons (Fsp3) is 0. The second-order valence-corrected chi connectivity index (χ2v) is 5.89. The molecule has 4 nitrogen and oxygen atoms in total. The number of fused-ring (bicyclic) bond motifs is 2. The van der Waals surface area contributed by atoms with Crippen molar-refractivity contribution in [2.45, 2.75) is 0 Å². The molecule has 0 heterocycles. The van der Waals surface area contributed by atoms with Gasteiger partial charge in [0.05, 0.1) is 17.0 Å². The molecule has 0 saturated carbocycles. The molecule has 3 aromatic carbocycles. The minimum Gasteiger partial charge on any atom is -0.398 e. The number of ketones is 2. The van der Waals surface area contributed by atoms with Gasteiger partial charge in [0.1, 0.15) is 0 Å². The summed E-state index contributed by atoms with van der Waals surface area (Å²) >= 11 is 0. The lowest BCUT2D eigenvalue weighted by Crippen LogP contribution is -2.23. The number of carbonyl (C=O) groups is 2. The SMILES string of the molecule is N=C(c1ccccc1)c1ccc2c(c1N)C(=O)c1ccccc1C2=O. The molecule has 120 valence electrons. The number of nitrogens with one attached hydrogen (secondary N) is 1. The Balaban J connectivity index is 1.90. The van der Waals surface area contributed by atoms with Gasteiger partial charge in [-0.2, -0.15) is 0 Å². The molecule has 0 bridgehead atoms. The largest absolute Gasteiger partial charge is 0.398 e. The van der Waals surface area contributed by atoms with E-state index < -0.39 is 0 Å². The summed E-state index contributed by atoms with van der Waals surface area (Å²) in [4.78, 5) is 25.6. The normalized spacial score (nSPS) is 12.5. The van der Waals surface area contributed by atoms with Crippen LogP contribution in [0.3, 0.4) is 0 Å². The first-order valence-corrected chi connectivity index (χ1v) is 7.85. The van der Waals surface area contributed by atoms with Crippen LogP contribution in [-0.2, 0) is 0 Å². The first kappa shape index (κ1) is 15.0. The van der Waals surface area contributed by atoms with Crippen LogP contribution in [0.4, 0.5) is 5.69 Å². The van der Waals surface area contributed by atoms with Crippen LogP contribution in [-0.4, -0.2) is 17.3 Å². The number of nitrogen functional groups attached to an aromatic ring is 1. The van der Waals surface area contributed by atoms with E-state index in [-0.39, 0.29) is 28.5 Å². The molecule has 0 saturated heterocycles. The average Bonchev–Trinajstić information content (AvgIpc) is 2.66. The van der Waals surface area contributed by atoms with E-state index in [0.29, 0.717) is 27.8 Å². The topological polar surface area (TPSA) is 84.0 Å². The Morgan fingerprint density at radius 3 is 2.00 bits per heavy atom. The summed E-state index contributed by atoms with van der Waals surface area (Å²) in [6.07, 6.45) is 0. The first-order chi connectivity index (χ1) is 12.1. The van der Waals surface area contributed by atoms with Crippen LogP contribution in [0.2, 0.25) is 0 Å². The zero-order chi connectivity index (χ0) is 17.6. The van der Waals surface area contributed by atoms with Crippen molar-refractivity contribution in [3.8, 4) is 0 Å². The Morgan fingerprint density at radius 2 is 1.32 bits per heavy atom. The summed E-state index contributed by atoms with van der Waals surface area (Å²) in [6, 6.07) is 19.1. The maximum Gasteiger partial charge on any atom is 0.196 e. The summed E-state index contributed by atoms with van der Waals surface area (Å²) in [6.45, 7) is 0. The zero-order valence-electron chi connectivity index (χ0n) is 13.2. The second-order valence-electron chi connectivity index (χ2n) is 5.89. The summed E-state index contributed by atoms with van der Waals surface area (Å²) in [7, 11) is 0. The number of benzene rings is 3. The number of nitrogens with two attached hydrogens (primary N) is 1. The van der Waals surface area contributed by atoms with Crippen LogP contribution in [0.1, 0.15) is 43.0 Å². The van der Waals surface area contributed by atoms with Crippen molar-refractivity contribution >= 4 is 23.0 Å². The monoisotopic (exact) mass is 326 g/mol. The molecule has 4 heteroatoms. The smallest absolute Gasteiger partial charge is 0.196 e. The van der Waals surface area contributed by atoms with Gasteiger partial charge in [-0.3, -0.25) is 15.0 Å². The third-order valence-electron chi connectivity index (χ3n) is 4.47. The molecule has 0 amide bonds. The molecule has 0 atom stereocenters.